The molecule has 0 aliphatic carbocycles. The first-order chi connectivity index (χ1) is 11.3. The highest BCUT2D eigenvalue weighted by molar-refractivity contribution is 5.75. The van der Waals surface area contributed by atoms with Gasteiger partial charge in [0.1, 0.15) is 5.78 Å². The van der Waals surface area contributed by atoms with Gasteiger partial charge in [0.25, 0.3) is 0 Å². The van der Waals surface area contributed by atoms with Crippen LogP contribution in [0.15, 0.2) is 16.1 Å². The highest BCUT2D eigenvalue weighted by Gasteiger charge is 2.10. The number of carbonyl (C=O) groups is 2. The van der Waals surface area contributed by atoms with Crippen molar-refractivity contribution in [3.63, 3.8) is 0 Å². The zero-order chi connectivity index (χ0) is 19.1. The van der Waals surface area contributed by atoms with Gasteiger partial charge >= 0.3 is 0 Å². The van der Waals surface area contributed by atoms with Crippen molar-refractivity contribution in [3.8, 4) is 0 Å². The second kappa shape index (κ2) is 14.6. The molecular weight excluding hydrogens is 306 g/mol. The molecule has 24 heavy (non-hydrogen) atoms. The van der Waals surface area contributed by atoms with Crippen LogP contribution in [0.3, 0.4) is 0 Å². The molecular formula is C18H33N3O3. The number of aryl methyl sites for hydroxylation is 2. The van der Waals surface area contributed by atoms with Crippen molar-refractivity contribution in [3.05, 3.63) is 23.4 Å². The molecule has 138 valence electrons. The average Bonchev–Trinajstić information content (AvgIpc) is 2.94. The number of aromatic nitrogens is 2. The number of nitrogens with zero attached hydrogens (tertiary/aromatic N) is 3. The van der Waals surface area contributed by atoms with Gasteiger partial charge in [0, 0.05) is 40.3 Å². The second-order valence-electron chi connectivity index (χ2n) is 5.16. The summed E-state index contributed by atoms with van der Waals surface area (Å²) in [6.45, 7) is 16.4. The Morgan fingerprint density at radius 1 is 1.12 bits per heavy atom. The summed E-state index contributed by atoms with van der Waals surface area (Å²) < 4.78 is 4.86. The molecule has 0 atom stereocenters. The molecule has 0 bridgehead atoms. The van der Waals surface area contributed by atoms with Crippen molar-refractivity contribution in [1.82, 2.24) is 15.1 Å². The summed E-state index contributed by atoms with van der Waals surface area (Å²) in [6, 6.07) is 0. The topological polar surface area (TPSA) is 76.3 Å². The van der Waals surface area contributed by atoms with E-state index in [4.69, 9.17) is 4.42 Å². The molecule has 0 radical (unpaired) electrons. The van der Waals surface area contributed by atoms with Gasteiger partial charge in [-0.25, -0.2) is 0 Å². The van der Waals surface area contributed by atoms with E-state index in [-0.39, 0.29) is 11.7 Å². The Balaban J connectivity index is 0. The molecule has 1 aliphatic heterocycles. The predicted molar refractivity (Wildman–Crippen MR) is 96.7 cm³/mol. The van der Waals surface area contributed by atoms with Crippen LogP contribution in [0, 0.1) is 13.8 Å². The first-order valence-corrected chi connectivity index (χ1v) is 8.43. The van der Waals surface area contributed by atoms with E-state index in [1.54, 1.807) is 27.7 Å². The van der Waals surface area contributed by atoms with Gasteiger partial charge in [-0.1, -0.05) is 32.4 Å². The summed E-state index contributed by atoms with van der Waals surface area (Å²) in [5.74, 6) is 1.68. The van der Waals surface area contributed by atoms with E-state index in [0.29, 0.717) is 18.2 Å². The summed E-state index contributed by atoms with van der Waals surface area (Å²) in [7, 11) is 0. The van der Waals surface area contributed by atoms with E-state index < -0.39 is 0 Å². The Labute approximate surface area is 146 Å². The van der Waals surface area contributed by atoms with Gasteiger partial charge in [0.15, 0.2) is 0 Å². The molecule has 0 fully saturated rings. The standard InChI is InChI=1S/C8H13NO.C4H6N2O.C4H8O.C2H6/c1-7-3-5-9(6-4-7)8(2)10;1-3-5-6-4(2)7-3;1-3-4(2)5;1-2/h3H,4-6H2,1-2H3;1-2H3;3H2,1-2H3;1-2H3. The van der Waals surface area contributed by atoms with Crippen LogP contribution in [0.4, 0.5) is 0 Å². The molecule has 0 N–H and O–H groups in total. The Hall–Kier alpha value is -1.98. The molecule has 0 aromatic carbocycles. The fraction of sp³-hybridized carbons (Fsp3) is 0.667. The third kappa shape index (κ3) is 13.7. The van der Waals surface area contributed by atoms with Gasteiger partial charge in [0.05, 0.1) is 0 Å². The number of hydrogen-bond donors (Lipinski definition) is 0. The Kier molecular flexibility index (Phi) is 14.8. The summed E-state index contributed by atoms with van der Waals surface area (Å²) >= 11 is 0. The molecule has 1 aromatic heterocycles. The molecule has 6 nitrogen and oxygen atoms in total. The lowest BCUT2D eigenvalue weighted by molar-refractivity contribution is -0.128. The van der Waals surface area contributed by atoms with Crippen molar-refractivity contribution < 1.29 is 14.0 Å². The number of ketones is 1. The van der Waals surface area contributed by atoms with Crippen LogP contribution < -0.4 is 0 Å². The van der Waals surface area contributed by atoms with Crippen LogP contribution in [-0.2, 0) is 9.59 Å². The minimum absolute atomic E-state index is 0.184. The normalized spacial score (nSPS) is 12.3. The first-order valence-electron chi connectivity index (χ1n) is 8.43. The maximum Gasteiger partial charge on any atom is 0.219 e. The van der Waals surface area contributed by atoms with Gasteiger partial charge in [0.2, 0.25) is 17.7 Å². The predicted octanol–water partition coefficient (Wildman–Crippen LogP) is 3.88. The number of amides is 1. The van der Waals surface area contributed by atoms with E-state index in [1.807, 2.05) is 25.7 Å². The summed E-state index contributed by atoms with van der Waals surface area (Å²) in [6.07, 6.45) is 3.82. The minimum atomic E-state index is 0.184. The summed E-state index contributed by atoms with van der Waals surface area (Å²) in [5.41, 5.74) is 1.40. The number of Topliss-reactive ketones (excluding diaryl/α,β-unsaturated/α-hetero) is 1. The highest BCUT2D eigenvalue weighted by atomic mass is 16.4. The lowest BCUT2D eigenvalue weighted by atomic mass is 10.1. The van der Waals surface area contributed by atoms with Crippen LogP contribution in [0.25, 0.3) is 0 Å². The second-order valence-corrected chi connectivity index (χ2v) is 5.16. The highest BCUT2D eigenvalue weighted by Crippen LogP contribution is 2.08. The minimum Gasteiger partial charge on any atom is -0.426 e. The van der Waals surface area contributed by atoms with E-state index in [2.05, 4.69) is 23.2 Å². The van der Waals surface area contributed by atoms with Crippen molar-refractivity contribution in [2.75, 3.05) is 13.1 Å². The number of hydrogen-bond acceptors (Lipinski definition) is 5. The van der Waals surface area contributed by atoms with E-state index in [1.165, 1.54) is 5.57 Å². The van der Waals surface area contributed by atoms with Gasteiger partial charge < -0.3 is 14.1 Å². The Bertz CT molecular complexity index is 491. The molecule has 1 aliphatic rings. The van der Waals surface area contributed by atoms with Gasteiger partial charge in [-0.15, -0.1) is 10.2 Å². The van der Waals surface area contributed by atoms with Crippen LogP contribution in [0.1, 0.15) is 66.2 Å². The molecule has 1 amide bonds. The third-order valence-corrected chi connectivity index (χ3v) is 3.01. The Morgan fingerprint density at radius 3 is 1.79 bits per heavy atom. The third-order valence-electron chi connectivity index (χ3n) is 3.01. The van der Waals surface area contributed by atoms with Crippen LogP contribution in [0.2, 0.25) is 0 Å². The van der Waals surface area contributed by atoms with Gasteiger partial charge in [-0.2, -0.15) is 0 Å². The van der Waals surface area contributed by atoms with Crippen LogP contribution in [-0.4, -0.2) is 39.9 Å². The van der Waals surface area contributed by atoms with E-state index >= 15 is 0 Å². The molecule has 2 heterocycles. The molecule has 6 heteroatoms. The molecule has 1 aromatic rings. The molecule has 2 rings (SSSR count). The number of carbonyl (C=O) groups excluding carboxylic acids is 2. The lowest BCUT2D eigenvalue weighted by Crippen LogP contribution is -2.32. The summed E-state index contributed by atoms with van der Waals surface area (Å²) in [4.78, 5) is 22.5. The van der Waals surface area contributed by atoms with Crippen molar-refractivity contribution in [2.24, 2.45) is 0 Å². The Morgan fingerprint density at radius 2 is 1.58 bits per heavy atom. The SMILES string of the molecule is CC.CC(=O)N1CC=C(C)CC1.CCC(C)=O.Cc1nnc(C)o1. The van der Waals surface area contributed by atoms with Crippen molar-refractivity contribution in [1.29, 1.82) is 0 Å². The quantitative estimate of drug-likeness (QED) is 0.726. The zero-order valence-corrected chi connectivity index (χ0v) is 16.5. The molecule has 0 saturated carbocycles. The first kappa shape index (κ1) is 24.3. The van der Waals surface area contributed by atoms with Crippen LogP contribution >= 0.6 is 0 Å². The van der Waals surface area contributed by atoms with Gasteiger partial charge in [-0.05, 0) is 20.3 Å². The van der Waals surface area contributed by atoms with Crippen LogP contribution in [0.5, 0.6) is 0 Å². The fourth-order valence-corrected chi connectivity index (χ4v) is 1.45. The van der Waals surface area contributed by atoms with E-state index in [9.17, 15) is 9.59 Å². The summed E-state index contributed by atoms with van der Waals surface area (Å²) in [5, 5.41) is 7.20. The molecule has 0 saturated heterocycles. The molecule has 0 spiro atoms. The van der Waals surface area contributed by atoms with Crippen molar-refractivity contribution >= 4 is 11.7 Å². The number of rotatable bonds is 1. The fourth-order valence-electron chi connectivity index (χ4n) is 1.45. The smallest absolute Gasteiger partial charge is 0.219 e. The molecule has 0 unspecified atom stereocenters. The van der Waals surface area contributed by atoms with Crippen molar-refractivity contribution in [2.45, 2.75) is 68.2 Å². The lowest BCUT2D eigenvalue weighted by Gasteiger charge is -2.23. The maximum absolute atomic E-state index is 10.8. The van der Waals surface area contributed by atoms with E-state index in [0.717, 1.165) is 19.5 Å². The van der Waals surface area contributed by atoms with Gasteiger partial charge in [-0.3, -0.25) is 4.79 Å². The monoisotopic (exact) mass is 339 g/mol. The maximum atomic E-state index is 10.8. The largest absolute Gasteiger partial charge is 0.426 e. The average molecular weight is 339 g/mol. The zero-order valence-electron chi connectivity index (χ0n) is 16.5.